The molecule has 1 fully saturated rings. The van der Waals surface area contributed by atoms with E-state index in [-0.39, 0.29) is 18.2 Å². The molecule has 0 N–H and O–H groups in total. The van der Waals surface area contributed by atoms with E-state index in [1.807, 2.05) is 0 Å². The highest BCUT2D eigenvalue weighted by Crippen LogP contribution is 2.24. The molecular weight excluding hydrogens is 270 g/mol. The van der Waals surface area contributed by atoms with Gasteiger partial charge < -0.3 is 9.47 Å². The van der Waals surface area contributed by atoms with E-state index in [1.165, 1.54) is 0 Å². The molecule has 0 amide bonds. The van der Waals surface area contributed by atoms with E-state index in [0.29, 0.717) is 5.56 Å². The normalized spacial score (nSPS) is 22.4. The number of aromatic nitrogens is 3. The Hall–Kier alpha value is -1.95. The fraction of sp³-hybridized carbons (Fsp3) is 0.533. The Kier molecular flexibility index (Phi) is 3.88. The van der Waals surface area contributed by atoms with Crippen LogP contribution in [-0.2, 0) is 16.5 Å². The first kappa shape index (κ1) is 14.0. The van der Waals surface area contributed by atoms with Crippen molar-refractivity contribution in [3.05, 3.63) is 23.8 Å². The number of benzene rings is 1. The van der Waals surface area contributed by atoms with Crippen LogP contribution in [0.4, 0.5) is 0 Å². The lowest BCUT2D eigenvalue weighted by atomic mass is 9.94. The molecule has 6 heteroatoms. The zero-order valence-corrected chi connectivity index (χ0v) is 12.3. The van der Waals surface area contributed by atoms with Gasteiger partial charge in [0, 0.05) is 14.2 Å². The van der Waals surface area contributed by atoms with E-state index in [2.05, 4.69) is 10.3 Å². The molecule has 1 heterocycles. The summed E-state index contributed by atoms with van der Waals surface area (Å²) in [5.74, 6) is -0.313. The Balaban J connectivity index is 1.78. The highest BCUT2D eigenvalue weighted by atomic mass is 16.6. The van der Waals surface area contributed by atoms with Crippen molar-refractivity contribution < 1.29 is 14.3 Å². The number of nitrogens with zero attached hydrogens (tertiary/aromatic N) is 3. The lowest BCUT2D eigenvalue weighted by molar-refractivity contribution is -0.0539. The van der Waals surface area contributed by atoms with Crippen LogP contribution in [0, 0.1) is 0 Å². The summed E-state index contributed by atoms with van der Waals surface area (Å²) in [6, 6.07) is 5.28. The minimum atomic E-state index is -0.313. The number of carbonyl (C=O) groups is 1. The van der Waals surface area contributed by atoms with Crippen LogP contribution in [-0.4, -0.2) is 40.3 Å². The summed E-state index contributed by atoms with van der Waals surface area (Å²) in [5, 5.41) is 7.93. The summed E-state index contributed by atoms with van der Waals surface area (Å²) >= 11 is 0. The van der Waals surface area contributed by atoms with Gasteiger partial charge in [-0.1, -0.05) is 11.6 Å². The summed E-state index contributed by atoms with van der Waals surface area (Å²) in [4.78, 5) is 12.3. The van der Waals surface area contributed by atoms with E-state index in [4.69, 9.17) is 9.47 Å². The van der Waals surface area contributed by atoms with Gasteiger partial charge in [0.1, 0.15) is 11.6 Å². The number of hydrogen-bond acceptors (Lipinski definition) is 5. The first-order valence-electron chi connectivity index (χ1n) is 7.22. The van der Waals surface area contributed by atoms with Gasteiger partial charge in [0.05, 0.1) is 17.2 Å². The van der Waals surface area contributed by atoms with E-state index < -0.39 is 0 Å². The Morgan fingerprint density at radius 1 is 1.29 bits per heavy atom. The Morgan fingerprint density at radius 3 is 2.81 bits per heavy atom. The minimum Gasteiger partial charge on any atom is -0.456 e. The summed E-state index contributed by atoms with van der Waals surface area (Å²) in [6.07, 6.45) is 3.85. The Morgan fingerprint density at radius 2 is 2.05 bits per heavy atom. The number of carbonyl (C=O) groups excluding carboxylic acids is 1. The second kappa shape index (κ2) is 5.81. The summed E-state index contributed by atoms with van der Waals surface area (Å²) in [6.45, 7) is 0. The number of ether oxygens (including phenoxy) is 2. The quantitative estimate of drug-likeness (QED) is 0.809. The van der Waals surface area contributed by atoms with Crippen molar-refractivity contribution in [1.82, 2.24) is 15.0 Å². The average Bonchev–Trinajstić information content (AvgIpc) is 2.88. The number of esters is 1. The third-order valence-corrected chi connectivity index (χ3v) is 4.05. The number of aryl methyl sites for hydroxylation is 1. The van der Waals surface area contributed by atoms with E-state index >= 15 is 0 Å². The maximum absolute atomic E-state index is 12.3. The van der Waals surface area contributed by atoms with E-state index in [0.717, 1.165) is 36.7 Å². The third kappa shape index (κ3) is 2.76. The Labute approximate surface area is 123 Å². The molecule has 3 rings (SSSR count). The zero-order chi connectivity index (χ0) is 14.8. The van der Waals surface area contributed by atoms with Crippen molar-refractivity contribution in [2.24, 2.45) is 7.05 Å². The molecule has 0 saturated heterocycles. The van der Waals surface area contributed by atoms with E-state index in [9.17, 15) is 4.79 Å². The number of fused-ring (bicyclic) bond motifs is 1. The van der Waals surface area contributed by atoms with Crippen LogP contribution in [0.5, 0.6) is 0 Å². The molecule has 2 atom stereocenters. The molecule has 1 saturated carbocycles. The predicted octanol–water partition coefficient (Wildman–Crippen LogP) is 2.08. The van der Waals surface area contributed by atoms with Gasteiger partial charge in [-0.2, -0.15) is 0 Å². The van der Waals surface area contributed by atoms with Gasteiger partial charge in [0.2, 0.25) is 0 Å². The maximum Gasteiger partial charge on any atom is 0.338 e. The molecule has 1 aromatic carbocycles. The highest BCUT2D eigenvalue weighted by molar-refractivity contribution is 5.93. The SMILES string of the molecule is CO[C@H]1CCCC[C@@H]1OC(=O)c1ccc2nnn(C)c2c1. The molecule has 0 unspecified atom stereocenters. The first-order chi connectivity index (χ1) is 10.2. The van der Waals surface area contributed by atoms with Crippen molar-refractivity contribution in [2.45, 2.75) is 37.9 Å². The van der Waals surface area contributed by atoms with Gasteiger partial charge in [0.25, 0.3) is 0 Å². The van der Waals surface area contributed by atoms with Crippen LogP contribution in [0.3, 0.4) is 0 Å². The van der Waals surface area contributed by atoms with Crippen molar-refractivity contribution in [3.8, 4) is 0 Å². The van der Waals surface area contributed by atoms with Crippen LogP contribution in [0.2, 0.25) is 0 Å². The summed E-state index contributed by atoms with van der Waals surface area (Å²) in [5.41, 5.74) is 2.10. The second-order valence-electron chi connectivity index (χ2n) is 5.42. The summed E-state index contributed by atoms with van der Waals surface area (Å²) in [7, 11) is 3.47. The molecular formula is C15H19N3O3. The molecule has 6 nitrogen and oxygen atoms in total. The van der Waals surface area contributed by atoms with Crippen LogP contribution < -0.4 is 0 Å². The number of hydrogen-bond donors (Lipinski definition) is 0. The predicted molar refractivity (Wildman–Crippen MR) is 77.0 cm³/mol. The summed E-state index contributed by atoms with van der Waals surface area (Å²) < 4.78 is 12.7. The highest BCUT2D eigenvalue weighted by Gasteiger charge is 2.28. The van der Waals surface area contributed by atoms with E-state index in [1.54, 1.807) is 37.0 Å². The van der Waals surface area contributed by atoms with Gasteiger partial charge in [0.15, 0.2) is 0 Å². The van der Waals surface area contributed by atoms with Crippen LogP contribution in [0.15, 0.2) is 18.2 Å². The Bertz CT molecular complexity index is 653. The van der Waals surface area contributed by atoms with Gasteiger partial charge >= 0.3 is 5.97 Å². The smallest absolute Gasteiger partial charge is 0.338 e. The number of methoxy groups -OCH3 is 1. The molecule has 21 heavy (non-hydrogen) atoms. The lowest BCUT2D eigenvalue weighted by Crippen LogP contribution is -2.35. The monoisotopic (exact) mass is 289 g/mol. The third-order valence-electron chi connectivity index (χ3n) is 4.05. The molecule has 0 spiro atoms. The molecule has 0 bridgehead atoms. The molecule has 0 aliphatic heterocycles. The maximum atomic E-state index is 12.3. The molecule has 112 valence electrons. The molecule has 1 aromatic heterocycles. The fourth-order valence-corrected chi connectivity index (χ4v) is 2.83. The number of rotatable bonds is 3. The molecule has 2 aromatic rings. The standard InChI is InChI=1S/C15H19N3O3/c1-18-12-9-10(7-8-11(12)16-17-18)15(19)21-14-6-4-3-5-13(14)20-2/h7-9,13-14H,3-6H2,1-2H3/t13-,14-/m0/s1. The second-order valence-corrected chi connectivity index (χ2v) is 5.42. The van der Waals surface area contributed by atoms with Gasteiger partial charge in [-0.25, -0.2) is 9.48 Å². The van der Waals surface area contributed by atoms with Crippen molar-refractivity contribution in [1.29, 1.82) is 0 Å². The minimum absolute atomic E-state index is 0.00445. The fourth-order valence-electron chi connectivity index (χ4n) is 2.83. The van der Waals surface area contributed by atoms with Crippen LogP contribution >= 0.6 is 0 Å². The van der Waals surface area contributed by atoms with Crippen molar-refractivity contribution >= 4 is 17.0 Å². The lowest BCUT2D eigenvalue weighted by Gasteiger charge is -2.29. The topological polar surface area (TPSA) is 66.2 Å². The van der Waals surface area contributed by atoms with Crippen LogP contribution in [0.1, 0.15) is 36.0 Å². The average molecular weight is 289 g/mol. The van der Waals surface area contributed by atoms with Gasteiger partial charge in [-0.15, -0.1) is 5.10 Å². The van der Waals surface area contributed by atoms with Crippen LogP contribution in [0.25, 0.3) is 11.0 Å². The van der Waals surface area contributed by atoms with Crippen molar-refractivity contribution in [3.63, 3.8) is 0 Å². The molecule has 0 radical (unpaired) electrons. The van der Waals surface area contributed by atoms with Crippen molar-refractivity contribution in [2.75, 3.05) is 7.11 Å². The largest absolute Gasteiger partial charge is 0.456 e. The van der Waals surface area contributed by atoms with Gasteiger partial charge in [-0.3, -0.25) is 0 Å². The molecule has 1 aliphatic rings. The molecule has 1 aliphatic carbocycles. The zero-order valence-electron chi connectivity index (χ0n) is 12.3. The van der Waals surface area contributed by atoms with Gasteiger partial charge in [-0.05, 0) is 37.5 Å². The first-order valence-corrected chi connectivity index (χ1v) is 7.22.